The van der Waals surface area contributed by atoms with Crippen LogP contribution in [-0.2, 0) is 0 Å². The van der Waals surface area contributed by atoms with Gasteiger partial charge in [0.15, 0.2) is 0 Å². The number of halogens is 5. The molecule has 48 valence electrons. The molecule has 0 atom stereocenters. The minimum Gasteiger partial charge on any atom is -0.166 e. The van der Waals surface area contributed by atoms with E-state index in [9.17, 15) is 13.2 Å². The number of hydrogen-bond donors (Lipinski definition) is 0. The molecule has 0 saturated carbocycles. The minimum atomic E-state index is -4.26. The van der Waals surface area contributed by atoms with Crippen molar-refractivity contribution in [1.82, 2.24) is 0 Å². The predicted molar refractivity (Wildman–Crippen MR) is 32.0 cm³/mol. The molecule has 0 radical (unpaired) electrons. The average Bonchev–Trinajstić information content (AvgIpc) is 1.62. The lowest BCUT2D eigenvalue weighted by Gasteiger charge is -2.00. The van der Waals surface area contributed by atoms with Crippen LogP contribution in [0.5, 0.6) is 0 Å². The summed E-state index contributed by atoms with van der Waals surface area (Å²) in [5, 5.41) is 0. The first kappa shape index (κ1) is 8.49. The van der Waals surface area contributed by atoms with Gasteiger partial charge in [0.25, 0.3) is 0 Å². The van der Waals surface area contributed by atoms with Gasteiger partial charge < -0.3 is 0 Å². The third kappa shape index (κ3) is 2.71. The molecule has 0 amide bonds. The molecule has 0 aliphatic carbocycles. The molecule has 0 aromatic rings. The van der Waals surface area contributed by atoms with Gasteiger partial charge in [-0.3, -0.25) is 0 Å². The van der Waals surface area contributed by atoms with Crippen LogP contribution in [0.2, 0.25) is 0 Å². The maximum Gasteiger partial charge on any atom is 0.423 e. The van der Waals surface area contributed by atoms with E-state index in [2.05, 4.69) is 31.9 Å². The van der Waals surface area contributed by atoms with Crippen LogP contribution in [0.15, 0.2) is 9.47 Å². The highest BCUT2D eigenvalue weighted by molar-refractivity contribution is 9.14. The van der Waals surface area contributed by atoms with Gasteiger partial charge in [-0.05, 0) is 15.9 Å². The molecule has 0 nitrogen and oxygen atoms in total. The monoisotopic (exact) mass is 252 g/mol. The van der Waals surface area contributed by atoms with Gasteiger partial charge in [0, 0.05) is 4.99 Å². The second-order valence-corrected chi connectivity index (χ2v) is 2.27. The van der Waals surface area contributed by atoms with E-state index in [1.165, 1.54) is 0 Å². The molecule has 0 heterocycles. The highest BCUT2D eigenvalue weighted by Crippen LogP contribution is 2.30. The molecule has 8 heavy (non-hydrogen) atoms. The summed E-state index contributed by atoms with van der Waals surface area (Å²) < 4.78 is 33.1. The number of rotatable bonds is 0. The van der Waals surface area contributed by atoms with Crippen molar-refractivity contribution in [2.45, 2.75) is 6.18 Å². The van der Waals surface area contributed by atoms with Crippen molar-refractivity contribution in [3.63, 3.8) is 0 Å². The first-order chi connectivity index (χ1) is 3.48. The molecule has 0 fully saturated rings. The highest BCUT2D eigenvalue weighted by Gasteiger charge is 2.31. The number of alkyl halides is 3. The molecule has 0 unspecified atom stereocenters. The molecule has 0 spiro atoms. The fraction of sp³-hybridized carbons (Fsp3) is 0.333. The third-order valence-electron chi connectivity index (χ3n) is 0.367. The van der Waals surface area contributed by atoms with Gasteiger partial charge in [0.1, 0.15) is 4.48 Å². The summed E-state index contributed by atoms with van der Waals surface area (Å²) in [5.74, 6) is 0. The van der Waals surface area contributed by atoms with Crippen LogP contribution in [0, 0.1) is 0 Å². The Kier molecular flexibility index (Phi) is 3.04. The third-order valence-corrected chi connectivity index (χ3v) is 2.12. The van der Waals surface area contributed by atoms with E-state index in [1.807, 2.05) is 0 Å². The predicted octanol–water partition coefficient (Wildman–Crippen LogP) is 3.18. The van der Waals surface area contributed by atoms with Crippen LogP contribution < -0.4 is 0 Å². The van der Waals surface area contributed by atoms with Crippen molar-refractivity contribution in [2.24, 2.45) is 0 Å². The van der Waals surface area contributed by atoms with Crippen LogP contribution >= 0.6 is 31.9 Å². The Hall–Kier alpha value is 0.490. The van der Waals surface area contributed by atoms with E-state index in [1.54, 1.807) is 0 Å². The van der Waals surface area contributed by atoms with E-state index in [0.717, 1.165) is 4.99 Å². The molecular weight excluding hydrogens is 253 g/mol. The Balaban J connectivity index is 4.03. The molecule has 0 bridgehead atoms. The zero-order chi connectivity index (χ0) is 6.78. The van der Waals surface area contributed by atoms with Gasteiger partial charge in [0.2, 0.25) is 0 Å². The van der Waals surface area contributed by atoms with E-state index in [4.69, 9.17) is 0 Å². The lowest BCUT2D eigenvalue weighted by atomic mass is 10.6. The van der Waals surface area contributed by atoms with Gasteiger partial charge in [-0.25, -0.2) is 0 Å². The Bertz CT molecular complexity index is 104. The summed E-state index contributed by atoms with van der Waals surface area (Å²) in [6, 6.07) is 0. The topological polar surface area (TPSA) is 0 Å². The lowest BCUT2D eigenvalue weighted by molar-refractivity contribution is -0.0826. The molecule has 0 aliphatic rings. The number of allylic oxidation sites excluding steroid dienone is 1. The summed E-state index contributed by atoms with van der Waals surface area (Å²) in [5.41, 5.74) is 0. The highest BCUT2D eigenvalue weighted by atomic mass is 79.9. The normalized spacial score (nSPS) is 14.4. The largest absolute Gasteiger partial charge is 0.423 e. The van der Waals surface area contributed by atoms with Crippen molar-refractivity contribution in [1.29, 1.82) is 0 Å². The molecule has 0 aliphatic heterocycles. The molecule has 0 N–H and O–H groups in total. The minimum absolute atomic E-state index is 0.771. The zero-order valence-corrected chi connectivity index (χ0v) is 6.64. The first-order valence-corrected chi connectivity index (χ1v) is 3.22. The molecule has 5 heteroatoms. The van der Waals surface area contributed by atoms with Gasteiger partial charge >= 0.3 is 6.18 Å². The molecule has 0 aromatic carbocycles. The Labute approximate surface area is 61.0 Å². The van der Waals surface area contributed by atoms with Crippen LogP contribution in [0.4, 0.5) is 13.2 Å². The van der Waals surface area contributed by atoms with Gasteiger partial charge in [-0.1, -0.05) is 15.9 Å². The summed E-state index contributed by atoms with van der Waals surface area (Å²) in [6.07, 6.45) is -4.26. The Morgan fingerprint density at radius 3 is 1.75 bits per heavy atom. The van der Waals surface area contributed by atoms with E-state index < -0.39 is 10.7 Å². The smallest absolute Gasteiger partial charge is 0.166 e. The first-order valence-electron chi connectivity index (χ1n) is 1.51. The second kappa shape index (κ2) is 2.87. The molecular formula is C3HBr2F3. The molecule has 0 rings (SSSR count). The maximum absolute atomic E-state index is 11.3. The van der Waals surface area contributed by atoms with Gasteiger partial charge in [-0.2, -0.15) is 13.2 Å². The zero-order valence-electron chi connectivity index (χ0n) is 3.47. The summed E-state index contributed by atoms with van der Waals surface area (Å²) in [6.45, 7) is 0. The standard InChI is InChI=1S/C3HBr2F3/c4-1-2(5)3(6,7)8/h1H/b2-1+. The fourth-order valence-corrected chi connectivity index (χ4v) is 0.321. The fourth-order valence-electron chi connectivity index (χ4n) is 0.0619. The van der Waals surface area contributed by atoms with Gasteiger partial charge in [-0.15, -0.1) is 0 Å². The van der Waals surface area contributed by atoms with E-state index >= 15 is 0 Å². The van der Waals surface area contributed by atoms with Crippen molar-refractivity contribution < 1.29 is 13.2 Å². The lowest BCUT2D eigenvalue weighted by Crippen LogP contribution is -2.05. The average molecular weight is 254 g/mol. The number of hydrogen-bond acceptors (Lipinski definition) is 0. The summed E-state index contributed by atoms with van der Waals surface area (Å²) >= 11 is 4.81. The summed E-state index contributed by atoms with van der Waals surface area (Å²) in [7, 11) is 0. The molecule has 0 aromatic heterocycles. The summed E-state index contributed by atoms with van der Waals surface area (Å²) in [4.78, 5) is 0.771. The Morgan fingerprint density at radius 1 is 1.38 bits per heavy atom. The van der Waals surface area contributed by atoms with Crippen LogP contribution in [0.25, 0.3) is 0 Å². The van der Waals surface area contributed by atoms with Crippen LogP contribution in [0.1, 0.15) is 0 Å². The molecule has 0 saturated heterocycles. The van der Waals surface area contributed by atoms with Crippen molar-refractivity contribution >= 4 is 31.9 Å². The van der Waals surface area contributed by atoms with Crippen molar-refractivity contribution in [2.75, 3.05) is 0 Å². The second-order valence-electron chi connectivity index (χ2n) is 0.955. The maximum atomic E-state index is 11.3. The van der Waals surface area contributed by atoms with Crippen LogP contribution in [-0.4, -0.2) is 6.18 Å². The van der Waals surface area contributed by atoms with Gasteiger partial charge in [0.05, 0.1) is 0 Å². The van der Waals surface area contributed by atoms with Crippen molar-refractivity contribution in [3.05, 3.63) is 9.47 Å². The van der Waals surface area contributed by atoms with E-state index in [-0.39, 0.29) is 0 Å². The SMILES string of the molecule is FC(F)(F)/C(Br)=C\Br. The van der Waals surface area contributed by atoms with Crippen LogP contribution in [0.3, 0.4) is 0 Å². The Morgan fingerprint density at radius 2 is 1.75 bits per heavy atom. The quantitative estimate of drug-likeness (QED) is 0.622. The van der Waals surface area contributed by atoms with Crippen molar-refractivity contribution in [3.8, 4) is 0 Å². The van der Waals surface area contributed by atoms with E-state index in [0.29, 0.717) is 0 Å².